The summed E-state index contributed by atoms with van der Waals surface area (Å²) in [5.41, 5.74) is 6.57. The zero-order valence-electron chi connectivity index (χ0n) is 15.0. The van der Waals surface area contributed by atoms with Crippen LogP contribution >= 0.6 is 11.8 Å². The topological polar surface area (TPSA) is 12.9 Å². The average Bonchev–Trinajstić information content (AvgIpc) is 2.73. The van der Waals surface area contributed by atoms with E-state index in [1.807, 2.05) is 0 Å². The van der Waals surface area contributed by atoms with E-state index in [-0.39, 0.29) is 0 Å². The highest BCUT2D eigenvalue weighted by Gasteiger charge is 2.20. The molecule has 0 spiro atoms. The first-order valence-electron chi connectivity index (χ1n) is 9.33. The number of aromatic nitrogens is 1. The second-order valence-electron chi connectivity index (χ2n) is 7.03. The maximum absolute atomic E-state index is 5.16. The van der Waals surface area contributed by atoms with E-state index in [4.69, 9.17) is 4.98 Å². The van der Waals surface area contributed by atoms with Crippen LogP contribution in [0.4, 0.5) is 0 Å². The molecular weight excluding hydrogens is 334 g/mol. The fraction of sp³-hybridized carbons (Fsp3) is 0.208. The van der Waals surface area contributed by atoms with Crippen LogP contribution in [0.3, 0.4) is 0 Å². The highest BCUT2D eigenvalue weighted by molar-refractivity contribution is 7.98. The van der Waals surface area contributed by atoms with Gasteiger partial charge in [0.15, 0.2) is 0 Å². The Bertz CT molecular complexity index is 1110. The molecule has 0 amide bonds. The van der Waals surface area contributed by atoms with Crippen LogP contribution in [-0.2, 0) is 12.8 Å². The van der Waals surface area contributed by atoms with Crippen LogP contribution in [0.25, 0.3) is 32.9 Å². The van der Waals surface area contributed by atoms with Crippen molar-refractivity contribution in [3.63, 3.8) is 0 Å². The third-order valence-corrected chi connectivity index (χ3v) is 6.30. The number of hydrogen-bond acceptors (Lipinski definition) is 2. The molecule has 2 heteroatoms. The summed E-state index contributed by atoms with van der Waals surface area (Å²) in [5.74, 6) is 0. The molecule has 0 fully saturated rings. The number of rotatable bonds is 2. The van der Waals surface area contributed by atoms with E-state index >= 15 is 0 Å². The molecule has 4 aromatic rings. The summed E-state index contributed by atoms with van der Waals surface area (Å²) >= 11 is 1.79. The SMILES string of the molecule is CSc1ccc(-c2nc3ccc4ccccc4c3c3c2CCCC3)cc1. The van der Waals surface area contributed by atoms with E-state index in [9.17, 15) is 0 Å². The predicted molar refractivity (Wildman–Crippen MR) is 113 cm³/mol. The summed E-state index contributed by atoms with van der Waals surface area (Å²) in [6.07, 6.45) is 6.97. The van der Waals surface area contributed by atoms with Gasteiger partial charge in [-0.15, -0.1) is 11.8 Å². The first-order chi connectivity index (χ1) is 12.8. The van der Waals surface area contributed by atoms with Gasteiger partial charge in [-0.3, -0.25) is 0 Å². The van der Waals surface area contributed by atoms with Gasteiger partial charge in [-0.1, -0.05) is 42.5 Å². The van der Waals surface area contributed by atoms with E-state index in [1.54, 1.807) is 11.8 Å². The number of fused-ring (bicyclic) bond motifs is 5. The maximum Gasteiger partial charge on any atom is 0.0744 e. The van der Waals surface area contributed by atoms with E-state index in [0.717, 1.165) is 18.4 Å². The van der Waals surface area contributed by atoms with Gasteiger partial charge in [0.05, 0.1) is 11.2 Å². The second kappa shape index (κ2) is 6.44. The lowest BCUT2D eigenvalue weighted by atomic mass is 9.85. The largest absolute Gasteiger partial charge is 0.247 e. The minimum absolute atomic E-state index is 1.13. The van der Waals surface area contributed by atoms with E-state index in [2.05, 4.69) is 66.9 Å². The van der Waals surface area contributed by atoms with Crippen LogP contribution < -0.4 is 0 Å². The van der Waals surface area contributed by atoms with Gasteiger partial charge in [0.1, 0.15) is 0 Å². The van der Waals surface area contributed by atoms with Crippen molar-refractivity contribution < 1.29 is 0 Å². The van der Waals surface area contributed by atoms with Crippen molar-refractivity contribution in [3.8, 4) is 11.3 Å². The van der Waals surface area contributed by atoms with Gasteiger partial charge in [-0.05, 0) is 72.0 Å². The smallest absolute Gasteiger partial charge is 0.0744 e. The van der Waals surface area contributed by atoms with Crippen LogP contribution in [0.15, 0.2) is 65.6 Å². The van der Waals surface area contributed by atoms with Crippen molar-refractivity contribution >= 4 is 33.4 Å². The van der Waals surface area contributed by atoms with Crippen molar-refractivity contribution in [3.05, 3.63) is 71.8 Å². The molecule has 26 heavy (non-hydrogen) atoms. The summed E-state index contributed by atoms with van der Waals surface area (Å²) in [6, 6.07) is 22.0. The molecule has 0 bridgehead atoms. The fourth-order valence-electron chi connectivity index (χ4n) is 4.29. The molecule has 1 heterocycles. The molecule has 3 aromatic carbocycles. The summed E-state index contributed by atoms with van der Waals surface area (Å²) < 4.78 is 0. The molecule has 0 aliphatic heterocycles. The molecule has 0 N–H and O–H groups in total. The highest BCUT2D eigenvalue weighted by Crippen LogP contribution is 2.38. The monoisotopic (exact) mass is 355 g/mol. The average molecular weight is 356 g/mol. The third-order valence-electron chi connectivity index (χ3n) is 5.56. The van der Waals surface area contributed by atoms with E-state index in [1.165, 1.54) is 56.3 Å². The van der Waals surface area contributed by atoms with Crippen molar-refractivity contribution in [2.45, 2.75) is 30.6 Å². The Balaban J connectivity index is 1.83. The Morgan fingerprint density at radius 1 is 0.808 bits per heavy atom. The van der Waals surface area contributed by atoms with Gasteiger partial charge in [-0.2, -0.15) is 0 Å². The zero-order chi connectivity index (χ0) is 17.5. The van der Waals surface area contributed by atoms with Crippen molar-refractivity contribution in [2.24, 2.45) is 0 Å². The minimum Gasteiger partial charge on any atom is -0.247 e. The van der Waals surface area contributed by atoms with Crippen LogP contribution in [-0.4, -0.2) is 11.2 Å². The molecule has 0 radical (unpaired) electrons. The van der Waals surface area contributed by atoms with Gasteiger partial charge in [0.25, 0.3) is 0 Å². The lowest BCUT2D eigenvalue weighted by Gasteiger charge is -2.22. The molecular formula is C24H21NS. The van der Waals surface area contributed by atoms with Crippen molar-refractivity contribution in [1.29, 1.82) is 0 Å². The molecule has 1 nitrogen and oxygen atoms in total. The van der Waals surface area contributed by atoms with Crippen LogP contribution in [0, 0.1) is 0 Å². The number of aryl methyl sites for hydroxylation is 1. The number of pyridine rings is 1. The Hall–Kier alpha value is -2.32. The van der Waals surface area contributed by atoms with Gasteiger partial charge >= 0.3 is 0 Å². The van der Waals surface area contributed by atoms with Crippen LogP contribution in [0.1, 0.15) is 24.0 Å². The second-order valence-corrected chi connectivity index (χ2v) is 7.91. The first-order valence-corrected chi connectivity index (χ1v) is 10.6. The fourth-order valence-corrected chi connectivity index (χ4v) is 4.70. The summed E-state index contributed by atoms with van der Waals surface area (Å²) in [6.45, 7) is 0. The van der Waals surface area contributed by atoms with Crippen LogP contribution in [0.2, 0.25) is 0 Å². The predicted octanol–water partition coefficient (Wildman–Crippen LogP) is 6.66. The number of benzene rings is 3. The Morgan fingerprint density at radius 2 is 1.58 bits per heavy atom. The van der Waals surface area contributed by atoms with E-state index in [0.29, 0.717) is 0 Å². The molecule has 0 saturated heterocycles. The van der Waals surface area contributed by atoms with Gasteiger partial charge < -0.3 is 0 Å². The van der Waals surface area contributed by atoms with Crippen LogP contribution in [0.5, 0.6) is 0 Å². The quantitative estimate of drug-likeness (QED) is 0.295. The number of hydrogen-bond donors (Lipinski definition) is 0. The van der Waals surface area contributed by atoms with Crippen molar-refractivity contribution in [1.82, 2.24) is 4.98 Å². The highest BCUT2D eigenvalue weighted by atomic mass is 32.2. The summed E-state index contributed by atoms with van der Waals surface area (Å²) in [7, 11) is 0. The molecule has 0 unspecified atom stereocenters. The normalized spacial score (nSPS) is 13.9. The lowest BCUT2D eigenvalue weighted by Crippen LogP contribution is -2.08. The molecule has 1 aliphatic rings. The molecule has 128 valence electrons. The summed E-state index contributed by atoms with van der Waals surface area (Å²) in [5, 5.41) is 4.04. The van der Waals surface area contributed by atoms with Gasteiger partial charge in [0.2, 0.25) is 0 Å². The number of thioether (sulfide) groups is 1. The lowest BCUT2D eigenvalue weighted by molar-refractivity contribution is 0.689. The zero-order valence-corrected chi connectivity index (χ0v) is 15.8. The van der Waals surface area contributed by atoms with Gasteiger partial charge in [0, 0.05) is 15.8 Å². The minimum atomic E-state index is 1.13. The molecule has 0 saturated carbocycles. The number of nitrogens with zero attached hydrogens (tertiary/aromatic N) is 1. The Kier molecular flexibility index (Phi) is 3.94. The Morgan fingerprint density at radius 3 is 2.38 bits per heavy atom. The standard InChI is InChI=1S/C24H21NS/c1-26-18-13-10-17(11-14-18)24-21-9-5-4-8-20(21)23-19-7-3-2-6-16(19)12-15-22(23)25-24/h2-3,6-7,10-15H,4-5,8-9H2,1H3. The molecule has 5 rings (SSSR count). The Labute approximate surface area is 158 Å². The molecule has 0 atom stereocenters. The van der Waals surface area contributed by atoms with Gasteiger partial charge in [-0.25, -0.2) is 4.98 Å². The summed E-state index contributed by atoms with van der Waals surface area (Å²) in [4.78, 5) is 6.46. The molecule has 1 aromatic heterocycles. The third kappa shape index (κ3) is 2.52. The van der Waals surface area contributed by atoms with E-state index < -0.39 is 0 Å². The maximum atomic E-state index is 5.16. The molecule has 1 aliphatic carbocycles. The first kappa shape index (κ1) is 15.9. The van der Waals surface area contributed by atoms with Crippen molar-refractivity contribution in [2.75, 3.05) is 6.26 Å².